The van der Waals surface area contributed by atoms with E-state index in [9.17, 15) is 4.39 Å². The average molecular weight is 239 g/mol. The first-order valence-electron chi connectivity index (χ1n) is 6.18. The van der Waals surface area contributed by atoms with Crippen LogP contribution in [0.15, 0.2) is 18.2 Å². The lowest BCUT2D eigenvalue weighted by atomic mass is 10.1. The van der Waals surface area contributed by atoms with Crippen LogP contribution in [0.2, 0.25) is 0 Å². The number of unbranched alkanes of at least 4 members (excludes halogenated alkanes) is 1. The molecule has 0 fully saturated rings. The first-order valence-corrected chi connectivity index (χ1v) is 6.18. The van der Waals surface area contributed by atoms with Crippen molar-refractivity contribution in [3.8, 4) is 0 Å². The predicted octanol–water partition coefficient (Wildman–Crippen LogP) is 2.38. The summed E-state index contributed by atoms with van der Waals surface area (Å²) in [4.78, 5) is 2.24. The molecular weight excluding hydrogens is 217 g/mol. The van der Waals surface area contributed by atoms with Crippen molar-refractivity contribution in [2.75, 3.05) is 26.7 Å². The minimum Gasteiger partial charge on any atom is -0.396 e. The van der Waals surface area contributed by atoms with Crippen molar-refractivity contribution >= 4 is 0 Å². The molecule has 1 aromatic carbocycles. The predicted molar refractivity (Wildman–Crippen MR) is 68.7 cm³/mol. The summed E-state index contributed by atoms with van der Waals surface area (Å²) in [6, 6.07) is 5.30. The molecule has 0 bridgehead atoms. The first kappa shape index (κ1) is 14.1. The van der Waals surface area contributed by atoms with E-state index in [1.54, 1.807) is 6.92 Å². The Morgan fingerprint density at radius 2 is 2.00 bits per heavy atom. The Morgan fingerprint density at radius 1 is 1.24 bits per heavy atom. The Labute approximate surface area is 103 Å². The maximum Gasteiger partial charge on any atom is 0.126 e. The molecule has 96 valence electrons. The van der Waals surface area contributed by atoms with E-state index in [2.05, 4.69) is 11.9 Å². The summed E-state index contributed by atoms with van der Waals surface area (Å²) >= 11 is 0. The molecule has 0 heterocycles. The fourth-order valence-electron chi connectivity index (χ4n) is 1.79. The zero-order chi connectivity index (χ0) is 12.7. The van der Waals surface area contributed by atoms with Gasteiger partial charge in [0.15, 0.2) is 0 Å². The fraction of sp³-hybridized carbons (Fsp3) is 0.571. The van der Waals surface area contributed by atoms with Crippen LogP contribution in [-0.2, 0) is 6.42 Å². The van der Waals surface area contributed by atoms with Crippen molar-refractivity contribution < 1.29 is 9.50 Å². The average Bonchev–Trinajstić information content (AvgIpc) is 2.31. The van der Waals surface area contributed by atoms with E-state index in [0.717, 1.165) is 32.4 Å². The lowest BCUT2D eigenvalue weighted by Gasteiger charge is -2.16. The van der Waals surface area contributed by atoms with Gasteiger partial charge in [-0.15, -0.1) is 0 Å². The molecule has 0 aliphatic rings. The van der Waals surface area contributed by atoms with Gasteiger partial charge in [-0.2, -0.15) is 0 Å². The molecule has 0 amide bonds. The third kappa shape index (κ3) is 5.29. The summed E-state index contributed by atoms with van der Waals surface area (Å²) in [7, 11) is 2.08. The summed E-state index contributed by atoms with van der Waals surface area (Å²) in [5, 5.41) is 8.69. The molecule has 0 radical (unpaired) electrons. The number of aliphatic hydroxyl groups is 1. The van der Waals surface area contributed by atoms with Gasteiger partial charge < -0.3 is 10.0 Å². The number of benzene rings is 1. The maximum atomic E-state index is 13.1. The highest BCUT2D eigenvalue weighted by Crippen LogP contribution is 2.10. The van der Waals surface area contributed by atoms with Gasteiger partial charge in [0, 0.05) is 13.2 Å². The van der Waals surface area contributed by atoms with Crippen LogP contribution < -0.4 is 0 Å². The molecule has 0 atom stereocenters. The monoisotopic (exact) mass is 239 g/mol. The van der Waals surface area contributed by atoms with E-state index in [1.807, 2.05) is 12.1 Å². The molecule has 0 aliphatic carbocycles. The summed E-state index contributed by atoms with van der Waals surface area (Å²) in [6.45, 7) is 4.03. The van der Waals surface area contributed by atoms with Gasteiger partial charge in [-0.05, 0) is 57.0 Å². The van der Waals surface area contributed by atoms with E-state index in [1.165, 1.54) is 11.6 Å². The lowest BCUT2D eigenvalue weighted by molar-refractivity contribution is 0.264. The van der Waals surface area contributed by atoms with Gasteiger partial charge in [-0.1, -0.05) is 12.1 Å². The highest BCUT2D eigenvalue weighted by molar-refractivity contribution is 5.24. The van der Waals surface area contributed by atoms with Crippen LogP contribution in [0.25, 0.3) is 0 Å². The number of likely N-dealkylation sites (N-methyl/N-ethyl adjacent to an activating group) is 1. The molecule has 0 spiro atoms. The number of aryl methyl sites for hydroxylation is 1. The Hall–Kier alpha value is -0.930. The molecule has 3 heteroatoms. The molecule has 1 rings (SSSR count). The molecule has 0 aliphatic heterocycles. The van der Waals surface area contributed by atoms with Crippen molar-refractivity contribution in [2.45, 2.75) is 26.2 Å². The second-order valence-electron chi connectivity index (χ2n) is 4.57. The zero-order valence-corrected chi connectivity index (χ0v) is 10.7. The molecule has 1 N–H and O–H groups in total. The Kier molecular flexibility index (Phi) is 6.16. The molecule has 17 heavy (non-hydrogen) atoms. The topological polar surface area (TPSA) is 23.5 Å². The third-order valence-corrected chi connectivity index (χ3v) is 2.95. The Balaban J connectivity index is 2.31. The van der Waals surface area contributed by atoms with Gasteiger partial charge in [-0.25, -0.2) is 4.39 Å². The highest BCUT2D eigenvalue weighted by atomic mass is 19.1. The SMILES string of the molecule is Cc1cc(CCN(C)CCCCO)ccc1F. The van der Waals surface area contributed by atoms with Gasteiger partial charge in [-0.3, -0.25) is 0 Å². The molecule has 0 unspecified atom stereocenters. The van der Waals surface area contributed by atoms with Crippen LogP contribution in [0.5, 0.6) is 0 Å². The lowest BCUT2D eigenvalue weighted by Crippen LogP contribution is -2.22. The van der Waals surface area contributed by atoms with Crippen molar-refractivity contribution in [1.82, 2.24) is 4.90 Å². The Morgan fingerprint density at radius 3 is 2.65 bits per heavy atom. The smallest absolute Gasteiger partial charge is 0.126 e. The molecule has 0 aromatic heterocycles. The minimum absolute atomic E-state index is 0.134. The standard InChI is InChI=1S/C14H22FNO/c1-12-11-13(5-6-14(12)15)7-9-16(2)8-3-4-10-17/h5-6,11,17H,3-4,7-10H2,1-2H3. The summed E-state index contributed by atoms with van der Waals surface area (Å²) in [6.07, 6.45) is 2.83. The number of rotatable bonds is 7. The van der Waals surface area contributed by atoms with E-state index >= 15 is 0 Å². The van der Waals surface area contributed by atoms with Gasteiger partial charge in [0.2, 0.25) is 0 Å². The van der Waals surface area contributed by atoms with Crippen LogP contribution in [0.3, 0.4) is 0 Å². The van der Waals surface area contributed by atoms with Crippen molar-refractivity contribution in [3.63, 3.8) is 0 Å². The van der Waals surface area contributed by atoms with E-state index in [0.29, 0.717) is 5.56 Å². The Bertz CT molecular complexity index is 341. The zero-order valence-electron chi connectivity index (χ0n) is 10.7. The first-order chi connectivity index (χ1) is 8.13. The second-order valence-corrected chi connectivity index (χ2v) is 4.57. The molecule has 1 aromatic rings. The van der Waals surface area contributed by atoms with Gasteiger partial charge >= 0.3 is 0 Å². The van der Waals surface area contributed by atoms with Crippen LogP contribution in [-0.4, -0.2) is 36.8 Å². The summed E-state index contributed by atoms with van der Waals surface area (Å²) in [5.74, 6) is -0.134. The number of aliphatic hydroxyl groups excluding tert-OH is 1. The van der Waals surface area contributed by atoms with Gasteiger partial charge in [0.1, 0.15) is 5.82 Å². The fourth-order valence-corrected chi connectivity index (χ4v) is 1.79. The van der Waals surface area contributed by atoms with Crippen LogP contribution >= 0.6 is 0 Å². The van der Waals surface area contributed by atoms with Crippen LogP contribution in [0.1, 0.15) is 24.0 Å². The number of halogens is 1. The number of hydrogen-bond donors (Lipinski definition) is 1. The van der Waals surface area contributed by atoms with Crippen LogP contribution in [0.4, 0.5) is 4.39 Å². The molecule has 0 saturated carbocycles. The van der Waals surface area contributed by atoms with Crippen LogP contribution in [0, 0.1) is 12.7 Å². The normalized spacial score (nSPS) is 11.1. The molecule has 0 saturated heterocycles. The summed E-state index contributed by atoms with van der Waals surface area (Å²) < 4.78 is 13.1. The highest BCUT2D eigenvalue weighted by Gasteiger charge is 2.02. The third-order valence-electron chi connectivity index (χ3n) is 2.95. The van der Waals surface area contributed by atoms with E-state index < -0.39 is 0 Å². The van der Waals surface area contributed by atoms with Gasteiger partial charge in [0.05, 0.1) is 0 Å². The van der Waals surface area contributed by atoms with Crippen molar-refractivity contribution in [1.29, 1.82) is 0 Å². The summed E-state index contributed by atoms with van der Waals surface area (Å²) in [5.41, 5.74) is 1.89. The minimum atomic E-state index is -0.134. The second kappa shape index (κ2) is 7.41. The number of nitrogens with zero attached hydrogens (tertiary/aromatic N) is 1. The van der Waals surface area contributed by atoms with Gasteiger partial charge in [0.25, 0.3) is 0 Å². The quantitative estimate of drug-likeness (QED) is 0.738. The van der Waals surface area contributed by atoms with E-state index in [4.69, 9.17) is 5.11 Å². The number of hydrogen-bond acceptors (Lipinski definition) is 2. The largest absolute Gasteiger partial charge is 0.396 e. The van der Waals surface area contributed by atoms with Crippen molar-refractivity contribution in [2.24, 2.45) is 0 Å². The van der Waals surface area contributed by atoms with Crippen molar-refractivity contribution in [3.05, 3.63) is 35.1 Å². The molecular formula is C14H22FNO. The van der Waals surface area contributed by atoms with E-state index in [-0.39, 0.29) is 12.4 Å². The maximum absolute atomic E-state index is 13.1. The molecule has 2 nitrogen and oxygen atoms in total.